The number of fused-ring (bicyclic) bond motifs is 2. The maximum absolute atomic E-state index is 13.7. The highest BCUT2D eigenvalue weighted by molar-refractivity contribution is 7.89. The van der Waals surface area contributed by atoms with Gasteiger partial charge in [0.1, 0.15) is 0 Å². The van der Waals surface area contributed by atoms with Gasteiger partial charge >= 0.3 is 0 Å². The lowest BCUT2D eigenvalue weighted by molar-refractivity contribution is 0.420. The molecule has 6 aromatic rings. The second-order valence-corrected chi connectivity index (χ2v) is 12.8. The van der Waals surface area contributed by atoms with E-state index in [-0.39, 0.29) is 10.9 Å². The van der Waals surface area contributed by atoms with Crippen molar-refractivity contribution in [2.24, 2.45) is 0 Å². The lowest BCUT2D eigenvalue weighted by Crippen LogP contribution is -2.39. The fraction of sp³-hybridized carbons (Fsp3) is 0.158. The predicted molar refractivity (Wildman–Crippen MR) is 178 cm³/mol. The lowest BCUT2D eigenvalue weighted by Gasteiger charge is -2.30. The molecule has 0 unspecified atom stereocenters. The summed E-state index contributed by atoms with van der Waals surface area (Å²) >= 11 is 0. The van der Waals surface area contributed by atoms with Gasteiger partial charge in [-0.3, -0.25) is 0 Å². The molecule has 43 heavy (non-hydrogen) atoms. The first kappa shape index (κ1) is 28.8. The normalized spacial score (nSPS) is 13.2. The van der Waals surface area contributed by atoms with Gasteiger partial charge in [-0.05, 0) is 82.7 Å². The second kappa shape index (κ2) is 12.9. The summed E-state index contributed by atoms with van der Waals surface area (Å²) in [6, 6.07) is 45.6. The molecule has 6 aromatic carbocycles. The van der Waals surface area contributed by atoms with E-state index in [0.29, 0.717) is 6.54 Å². The summed E-state index contributed by atoms with van der Waals surface area (Å²) in [6.45, 7) is 2.67. The summed E-state index contributed by atoms with van der Waals surface area (Å²) in [4.78, 5) is 0.258. The molecule has 0 saturated heterocycles. The molecule has 0 amide bonds. The van der Waals surface area contributed by atoms with E-state index in [1.807, 2.05) is 67.6 Å². The van der Waals surface area contributed by atoms with E-state index in [9.17, 15) is 8.42 Å². The number of benzene rings is 6. The molecular formula is C38H36N2O2S. The summed E-state index contributed by atoms with van der Waals surface area (Å²) in [5, 5.41) is 8.83. The maximum atomic E-state index is 13.7. The van der Waals surface area contributed by atoms with Crippen LogP contribution in [0, 0.1) is 6.92 Å². The number of hydrogen-bond acceptors (Lipinski definition) is 3. The molecule has 0 spiro atoms. The van der Waals surface area contributed by atoms with Crippen molar-refractivity contribution in [1.82, 2.24) is 10.0 Å². The van der Waals surface area contributed by atoms with Gasteiger partial charge in [0.2, 0.25) is 10.0 Å². The van der Waals surface area contributed by atoms with Crippen LogP contribution in [0.5, 0.6) is 0 Å². The maximum Gasteiger partial charge on any atom is 0.241 e. The summed E-state index contributed by atoms with van der Waals surface area (Å²) in [7, 11) is -3.79. The van der Waals surface area contributed by atoms with E-state index < -0.39 is 16.1 Å². The van der Waals surface area contributed by atoms with Crippen molar-refractivity contribution in [1.29, 1.82) is 0 Å². The average Bonchev–Trinajstić information content (AvgIpc) is 3.04. The molecule has 0 saturated carbocycles. The van der Waals surface area contributed by atoms with E-state index in [0.717, 1.165) is 29.5 Å². The molecule has 6 rings (SSSR count). The van der Waals surface area contributed by atoms with Gasteiger partial charge < -0.3 is 5.32 Å². The first-order valence-electron chi connectivity index (χ1n) is 14.8. The summed E-state index contributed by atoms with van der Waals surface area (Å²) in [6.07, 6.45) is 1.80. The van der Waals surface area contributed by atoms with Crippen molar-refractivity contribution in [2.45, 2.75) is 36.7 Å². The van der Waals surface area contributed by atoms with Crippen molar-refractivity contribution >= 4 is 31.6 Å². The minimum Gasteiger partial charge on any atom is -0.308 e. The van der Waals surface area contributed by atoms with Gasteiger partial charge in [-0.1, -0.05) is 127 Å². The molecule has 2 N–H and O–H groups in total. The Labute approximate surface area is 254 Å². The molecule has 0 radical (unpaired) electrons. The third-order valence-corrected chi connectivity index (χ3v) is 9.57. The standard InChI is InChI=1S/C38H36N2O2S/c1-28-22-24-33(25-23-28)43(41,42)40-38(30-15-6-3-7-16-30)37(29-13-4-2-5-14-29)39-26-12-21-36-34-19-10-8-17-31(34)27-32-18-9-11-20-35(32)36/h2-11,13-20,22-25,27,37-40H,12,21,26H2,1H3/t37-,38-/m1/s1. The Balaban J connectivity index is 1.30. The van der Waals surface area contributed by atoms with Crippen LogP contribution in [0.2, 0.25) is 0 Å². The smallest absolute Gasteiger partial charge is 0.241 e. The van der Waals surface area contributed by atoms with Gasteiger partial charge in [-0.25, -0.2) is 13.1 Å². The molecule has 0 heterocycles. The van der Waals surface area contributed by atoms with Crippen molar-refractivity contribution in [3.05, 3.63) is 162 Å². The van der Waals surface area contributed by atoms with Gasteiger partial charge in [-0.15, -0.1) is 0 Å². The van der Waals surface area contributed by atoms with Crippen LogP contribution in [0.15, 0.2) is 144 Å². The first-order valence-corrected chi connectivity index (χ1v) is 16.3. The van der Waals surface area contributed by atoms with E-state index in [1.54, 1.807) is 12.1 Å². The number of sulfonamides is 1. The molecule has 0 bridgehead atoms. The van der Waals surface area contributed by atoms with Crippen molar-refractivity contribution < 1.29 is 8.42 Å². The first-order chi connectivity index (χ1) is 21.0. The largest absolute Gasteiger partial charge is 0.308 e. The highest BCUT2D eigenvalue weighted by Crippen LogP contribution is 2.32. The quantitative estimate of drug-likeness (QED) is 0.119. The Bertz CT molecular complexity index is 1870. The Hall–Kier alpha value is -4.29. The number of hydrogen-bond donors (Lipinski definition) is 2. The summed E-state index contributed by atoms with van der Waals surface area (Å²) < 4.78 is 30.4. The van der Waals surface area contributed by atoms with Crippen LogP contribution in [0.4, 0.5) is 0 Å². The van der Waals surface area contributed by atoms with E-state index >= 15 is 0 Å². The van der Waals surface area contributed by atoms with Crippen LogP contribution in [-0.2, 0) is 16.4 Å². The van der Waals surface area contributed by atoms with Gasteiger partial charge in [0, 0.05) is 0 Å². The minimum absolute atomic E-state index is 0.258. The van der Waals surface area contributed by atoms with E-state index in [2.05, 4.69) is 76.8 Å². The monoisotopic (exact) mass is 584 g/mol. The van der Waals surface area contributed by atoms with Crippen LogP contribution in [-0.4, -0.2) is 15.0 Å². The lowest BCUT2D eigenvalue weighted by atomic mass is 9.93. The zero-order valence-electron chi connectivity index (χ0n) is 24.3. The van der Waals surface area contributed by atoms with Gasteiger partial charge in [-0.2, -0.15) is 0 Å². The molecular weight excluding hydrogens is 548 g/mol. The third kappa shape index (κ3) is 6.55. The number of rotatable bonds is 11. The Morgan fingerprint density at radius 1 is 0.605 bits per heavy atom. The average molecular weight is 585 g/mol. The van der Waals surface area contributed by atoms with Gasteiger partial charge in [0.05, 0.1) is 17.0 Å². The van der Waals surface area contributed by atoms with Crippen LogP contribution in [0.25, 0.3) is 21.5 Å². The fourth-order valence-corrected chi connectivity index (χ4v) is 7.17. The highest BCUT2D eigenvalue weighted by atomic mass is 32.2. The van der Waals surface area contributed by atoms with Gasteiger partial charge in [0.25, 0.3) is 0 Å². The molecule has 0 aliphatic rings. The van der Waals surface area contributed by atoms with Crippen LogP contribution >= 0.6 is 0 Å². The van der Waals surface area contributed by atoms with Crippen LogP contribution < -0.4 is 10.0 Å². The third-order valence-electron chi connectivity index (χ3n) is 8.11. The fourth-order valence-electron chi connectivity index (χ4n) is 5.93. The molecule has 0 aromatic heterocycles. The zero-order chi connectivity index (χ0) is 29.6. The molecule has 216 valence electrons. The predicted octanol–water partition coefficient (Wildman–Crippen LogP) is 8.28. The van der Waals surface area contributed by atoms with E-state index in [4.69, 9.17) is 0 Å². The SMILES string of the molecule is Cc1ccc(S(=O)(=O)N[C@H](c2ccccc2)[C@H](NCCCc2c3ccccc3cc3ccccc23)c2ccccc2)cc1. The topological polar surface area (TPSA) is 58.2 Å². The Morgan fingerprint density at radius 3 is 1.70 bits per heavy atom. The summed E-state index contributed by atoms with van der Waals surface area (Å²) in [5.41, 5.74) is 4.30. The molecule has 0 fully saturated rings. The number of nitrogens with one attached hydrogen (secondary N) is 2. The van der Waals surface area contributed by atoms with Crippen LogP contribution in [0.3, 0.4) is 0 Å². The molecule has 0 aliphatic heterocycles. The molecule has 2 atom stereocenters. The Kier molecular flexibility index (Phi) is 8.66. The molecule has 0 aliphatic carbocycles. The van der Waals surface area contributed by atoms with E-state index in [1.165, 1.54) is 27.1 Å². The Morgan fingerprint density at radius 2 is 1.12 bits per heavy atom. The second-order valence-electron chi connectivity index (χ2n) is 11.1. The highest BCUT2D eigenvalue weighted by Gasteiger charge is 2.29. The van der Waals surface area contributed by atoms with Crippen LogP contribution in [0.1, 0.15) is 40.8 Å². The van der Waals surface area contributed by atoms with Crippen molar-refractivity contribution in [3.63, 3.8) is 0 Å². The van der Waals surface area contributed by atoms with Crippen molar-refractivity contribution in [3.8, 4) is 0 Å². The zero-order valence-corrected chi connectivity index (χ0v) is 25.1. The van der Waals surface area contributed by atoms with Crippen molar-refractivity contribution in [2.75, 3.05) is 6.54 Å². The molecule has 4 nitrogen and oxygen atoms in total. The minimum atomic E-state index is -3.79. The summed E-state index contributed by atoms with van der Waals surface area (Å²) in [5.74, 6) is 0. The number of aryl methyl sites for hydroxylation is 2. The van der Waals surface area contributed by atoms with Gasteiger partial charge in [0.15, 0.2) is 0 Å². The molecule has 5 heteroatoms.